The number of sulfonamides is 1. The first-order valence-electron chi connectivity index (χ1n) is 9.14. The second-order valence-electron chi connectivity index (χ2n) is 6.69. The van der Waals surface area contributed by atoms with Crippen LogP contribution in [0.4, 0.5) is 17.3 Å². The van der Waals surface area contributed by atoms with Crippen LogP contribution in [0.25, 0.3) is 0 Å². The van der Waals surface area contributed by atoms with E-state index in [1.54, 1.807) is 26.2 Å². The minimum Gasteiger partial charge on any atom is -0.360 e. The van der Waals surface area contributed by atoms with Crippen molar-refractivity contribution >= 4 is 27.3 Å². The highest BCUT2D eigenvalue weighted by Gasteiger charge is 2.33. The number of rotatable bonds is 5. The van der Waals surface area contributed by atoms with E-state index in [4.69, 9.17) is 4.52 Å². The molecule has 0 radical (unpaired) electrons. The third-order valence-electron chi connectivity index (χ3n) is 4.71. The van der Waals surface area contributed by atoms with Crippen molar-refractivity contribution < 1.29 is 12.9 Å². The molecule has 10 nitrogen and oxygen atoms in total. The first-order chi connectivity index (χ1) is 13.9. The predicted molar refractivity (Wildman–Crippen MR) is 107 cm³/mol. The molecule has 1 fully saturated rings. The Hall–Kier alpha value is -3.05. The molecule has 0 atom stereocenters. The molecule has 0 unspecified atom stereocenters. The Kier molecular flexibility index (Phi) is 5.16. The summed E-state index contributed by atoms with van der Waals surface area (Å²) >= 11 is 0. The van der Waals surface area contributed by atoms with Crippen LogP contribution in [0.15, 0.2) is 46.1 Å². The molecule has 0 bridgehead atoms. The zero-order valence-corrected chi connectivity index (χ0v) is 16.9. The van der Waals surface area contributed by atoms with Crippen molar-refractivity contribution in [2.24, 2.45) is 0 Å². The summed E-state index contributed by atoms with van der Waals surface area (Å²) in [4.78, 5) is 6.22. The molecule has 11 heteroatoms. The molecule has 0 amide bonds. The molecule has 4 rings (SSSR count). The van der Waals surface area contributed by atoms with Gasteiger partial charge in [-0.05, 0) is 38.1 Å². The molecule has 0 aromatic carbocycles. The van der Waals surface area contributed by atoms with Crippen LogP contribution < -0.4 is 10.2 Å². The molecule has 3 aromatic heterocycles. The van der Waals surface area contributed by atoms with Gasteiger partial charge in [-0.25, -0.2) is 8.42 Å². The number of aryl methyl sites for hydroxylation is 2. The molecule has 0 saturated carbocycles. The van der Waals surface area contributed by atoms with Crippen LogP contribution in [-0.2, 0) is 10.0 Å². The van der Waals surface area contributed by atoms with E-state index in [0.29, 0.717) is 49.3 Å². The van der Waals surface area contributed by atoms with Gasteiger partial charge in [0, 0.05) is 32.4 Å². The van der Waals surface area contributed by atoms with E-state index in [-0.39, 0.29) is 4.90 Å². The van der Waals surface area contributed by atoms with E-state index in [1.165, 1.54) is 4.31 Å². The van der Waals surface area contributed by atoms with Crippen LogP contribution in [0, 0.1) is 13.8 Å². The SMILES string of the molecule is Cc1noc(C)c1S(=O)(=O)N1CCN(c2ccc(Nc3cccnc3)nn2)CC1. The molecule has 1 saturated heterocycles. The van der Waals surface area contributed by atoms with Gasteiger partial charge in [0.1, 0.15) is 10.6 Å². The van der Waals surface area contributed by atoms with Crippen molar-refractivity contribution in [3.63, 3.8) is 0 Å². The molecule has 152 valence electrons. The van der Waals surface area contributed by atoms with Crippen LogP contribution in [0.3, 0.4) is 0 Å². The van der Waals surface area contributed by atoms with E-state index in [9.17, 15) is 8.42 Å². The molecule has 3 aromatic rings. The summed E-state index contributed by atoms with van der Waals surface area (Å²) < 4.78 is 32.3. The number of aromatic nitrogens is 4. The van der Waals surface area contributed by atoms with Gasteiger partial charge in [0.2, 0.25) is 10.0 Å². The third-order valence-corrected chi connectivity index (χ3v) is 6.86. The van der Waals surface area contributed by atoms with Crippen molar-refractivity contribution in [3.05, 3.63) is 48.1 Å². The molecule has 4 heterocycles. The number of hydrogen-bond acceptors (Lipinski definition) is 9. The number of piperazine rings is 1. The first-order valence-corrected chi connectivity index (χ1v) is 10.6. The molecular weight excluding hydrogens is 394 g/mol. The summed E-state index contributed by atoms with van der Waals surface area (Å²) in [6.45, 7) is 4.99. The van der Waals surface area contributed by atoms with Gasteiger partial charge in [-0.2, -0.15) is 4.31 Å². The molecule has 1 aliphatic heterocycles. The molecule has 1 N–H and O–H groups in total. The van der Waals surface area contributed by atoms with Crippen molar-refractivity contribution in [1.82, 2.24) is 24.6 Å². The largest absolute Gasteiger partial charge is 0.360 e. The van der Waals surface area contributed by atoms with Gasteiger partial charge in [0.25, 0.3) is 0 Å². The van der Waals surface area contributed by atoms with E-state index in [2.05, 4.69) is 25.7 Å². The molecule has 29 heavy (non-hydrogen) atoms. The van der Waals surface area contributed by atoms with Crippen molar-refractivity contribution in [2.45, 2.75) is 18.7 Å². The lowest BCUT2D eigenvalue weighted by Crippen LogP contribution is -2.49. The maximum atomic E-state index is 12.9. The van der Waals surface area contributed by atoms with E-state index >= 15 is 0 Å². The number of hydrogen-bond donors (Lipinski definition) is 1. The second kappa shape index (κ2) is 7.76. The van der Waals surface area contributed by atoms with Gasteiger partial charge in [-0.15, -0.1) is 10.2 Å². The fourth-order valence-corrected chi connectivity index (χ4v) is 4.99. The average molecular weight is 415 g/mol. The van der Waals surface area contributed by atoms with Crippen LogP contribution in [0.5, 0.6) is 0 Å². The van der Waals surface area contributed by atoms with Gasteiger partial charge in [-0.3, -0.25) is 4.98 Å². The first kappa shape index (κ1) is 19.3. The summed E-state index contributed by atoms with van der Waals surface area (Å²) in [5, 5.41) is 15.4. The molecular formula is C18H21N7O3S. The van der Waals surface area contributed by atoms with Crippen LogP contribution in [0.1, 0.15) is 11.5 Å². The van der Waals surface area contributed by atoms with Crippen molar-refractivity contribution in [1.29, 1.82) is 0 Å². The quantitative estimate of drug-likeness (QED) is 0.664. The fraction of sp³-hybridized carbons (Fsp3) is 0.333. The van der Waals surface area contributed by atoms with E-state index in [0.717, 1.165) is 5.69 Å². The standard InChI is InChI=1S/C18H21N7O3S/c1-13-18(14(2)28-23-13)29(26,27)25-10-8-24(9-11-25)17-6-5-16(21-22-17)20-15-4-3-7-19-12-15/h3-7,12H,8-11H2,1-2H3,(H,20,21). The fourth-order valence-electron chi connectivity index (χ4n) is 3.27. The lowest BCUT2D eigenvalue weighted by atomic mass is 10.3. The second-order valence-corrected chi connectivity index (χ2v) is 8.56. The van der Waals surface area contributed by atoms with Gasteiger partial charge in [0.15, 0.2) is 17.4 Å². The maximum Gasteiger partial charge on any atom is 0.248 e. The highest BCUT2D eigenvalue weighted by atomic mass is 32.2. The van der Waals surface area contributed by atoms with Gasteiger partial charge >= 0.3 is 0 Å². The molecule has 0 aliphatic carbocycles. The molecule has 0 spiro atoms. The lowest BCUT2D eigenvalue weighted by molar-refractivity contribution is 0.377. The molecule has 1 aliphatic rings. The third kappa shape index (κ3) is 3.91. The van der Waals surface area contributed by atoms with Crippen LogP contribution in [0.2, 0.25) is 0 Å². The maximum absolute atomic E-state index is 12.9. The zero-order chi connectivity index (χ0) is 20.4. The van der Waals surface area contributed by atoms with Crippen molar-refractivity contribution in [3.8, 4) is 0 Å². The smallest absolute Gasteiger partial charge is 0.248 e. The van der Waals surface area contributed by atoms with Crippen molar-refractivity contribution in [2.75, 3.05) is 36.4 Å². The highest BCUT2D eigenvalue weighted by molar-refractivity contribution is 7.89. The zero-order valence-electron chi connectivity index (χ0n) is 16.1. The van der Waals surface area contributed by atoms with Gasteiger partial charge in [-0.1, -0.05) is 5.16 Å². The van der Waals surface area contributed by atoms with Gasteiger partial charge < -0.3 is 14.7 Å². The summed E-state index contributed by atoms with van der Waals surface area (Å²) in [7, 11) is -3.63. The number of anilines is 3. The Morgan fingerprint density at radius 3 is 2.45 bits per heavy atom. The Bertz CT molecular complexity index is 1060. The summed E-state index contributed by atoms with van der Waals surface area (Å²) in [5.41, 5.74) is 1.21. The Balaban J connectivity index is 1.41. The minimum absolute atomic E-state index is 0.163. The van der Waals surface area contributed by atoms with E-state index < -0.39 is 10.0 Å². The van der Waals surface area contributed by atoms with Crippen LogP contribution in [-0.4, -0.2) is 59.2 Å². The van der Waals surface area contributed by atoms with E-state index in [1.807, 2.05) is 29.2 Å². The Morgan fingerprint density at radius 1 is 1.07 bits per heavy atom. The van der Waals surface area contributed by atoms with Crippen LogP contribution >= 0.6 is 0 Å². The monoisotopic (exact) mass is 415 g/mol. The Labute approximate surface area is 168 Å². The predicted octanol–water partition coefficient (Wildman–Crippen LogP) is 1.73. The summed E-state index contributed by atoms with van der Waals surface area (Å²) in [6.07, 6.45) is 3.40. The Morgan fingerprint density at radius 2 is 1.86 bits per heavy atom. The number of nitrogens with zero attached hydrogens (tertiary/aromatic N) is 6. The topological polar surface area (TPSA) is 117 Å². The normalized spacial score (nSPS) is 15.4. The number of pyridine rings is 1. The average Bonchev–Trinajstić information content (AvgIpc) is 3.08. The van der Waals surface area contributed by atoms with Gasteiger partial charge in [0.05, 0.1) is 11.9 Å². The highest BCUT2D eigenvalue weighted by Crippen LogP contribution is 2.25. The number of nitrogens with one attached hydrogen (secondary N) is 1. The summed E-state index contributed by atoms with van der Waals surface area (Å²) in [5.74, 6) is 1.63. The minimum atomic E-state index is -3.63. The summed E-state index contributed by atoms with van der Waals surface area (Å²) in [6, 6.07) is 7.42. The lowest BCUT2D eigenvalue weighted by Gasteiger charge is -2.34.